The summed E-state index contributed by atoms with van der Waals surface area (Å²) >= 11 is 0. The molecule has 0 amide bonds. The fourth-order valence-electron chi connectivity index (χ4n) is 1.75. The maximum atomic E-state index is 10.7. The van der Waals surface area contributed by atoms with Gasteiger partial charge in [0, 0.05) is 12.4 Å². The molecule has 3 heteroatoms. The summed E-state index contributed by atoms with van der Waals surface area (Å²) in [6.45, 7) is -0.939. The lowest BCUT2D eigenvalue weighted by atomic mass is 9.73. The van der Waals surface area contributed by atoms with Crippen LogP contribution in [0.3, 0.4) is 0 Å². The van der Waals surface area contributed by atoms with Crippen molar-refractivity contribution in [2.24, 2.45) is 5.89 Å². The van der Waals surface area contributed by atoms with Crippen LogP contribution in [0.2, 0.25) is 0 Å². The molecule has 0 aromatic carbocycles. The largest absolute Gasteiger partial charge is 0.463 e. The van der Waals surface area contributed by atoms with E-state index in [1.165, 1.54) is 6.92 Å². The second-order valence-corrected chi connectivity index (χ2v) is 3.47. The van der Waals surface area contributed by atoms with Gasteiger partial charge in [0.15, 0.2) is 0 Å². The highest BCUT2D eigenvalue weighted by Gasteiger charge is 2.56. The van der Waals surface area contributed by atoms with Gasteiger partial charge >= 0.3 is 5.97 Å². The number of carbonyl (C=O) groups excluding carboxylic acids is 1. The zero-order chi connectivity index (χ0) is 12.2. The van der Waals surface area contributed by atoms with Gasteiger partial charge in [-0.05, 0) is 25.6 Å². The molecule has 0 aromatic heterocycles. The average Bonchev–Trinajstić information content (AvgIpc) is 2.49. The Labute approximate surface area is 77.7 Å². The van der Waals surface area contributed by atoms with Crippen LogP contribution in [-0.2, 0) is 14.3 Å². The summed E-state index contributed by atoms with van der Waals surface area (Å²) < 4.78 is 40.1. The first-order valence-electron chi connectivity index (χ1n) is 5.98. The number of carbonyl (C=O) groups is 1. The Hall–Kier alpha value is -0.570. The van der Waals surface area contributed by atoms with Gasteiger partial charge in [0.05, 0.1) is 6.10 Å². The highest BCUT2D eigenvalue weighted by Crippen LogP contribution is 2.52. The fraction of sp³-hybridized carbons (Fsp3) is 0.889. The smallest absolute Gasteiger partial charge is 0.302 e. The first-order valence-corrected chi connectivity index (χ1v) is 3.98. The fourth-order valence-corrected chi connectivity index (χ4v) is 1.75. The van der Waals surface area contributed by atoms with Gasteiger partial charge in [0.25, 0.3) is 0 Å². The maximum Gasteiger partial charge on any atom is 0.302 e. The van der Waals surface area contributed by atoms with E-state index in [9.17, 15) is 4.79 Å². The van der Waals surface area contributed by atoms with E-state index >= 15 is 0 Å². The molecular formula is C9H14O3. The van der Waals surface area contributed by atoms with Crippen molar-refractivity contribution in [2.75, 3.05) is 6.61 Å². The van der Waals surface area contributed by atoms with Crippen LogP contribution in [0, 0.1) is 5.89 Å². The van der Waals surface area contributed by atoms with Crippen LogP contribution in [0.1, 0.15) is 32.1 Å². The van der Waals surface area contributed by atoms with Crippen LogP contribution in [0.25, 0.3) is 0 Å². The first kappa shape index (κ1) is 4.61. The number of hydrogen-bond acceptors (Lipinski definition) is 3. The molecule has 2 aliphatic heterocycles. The second-order valence-electron chi connectivity index (χ2n) is 3.47. The highest BCUT2D eigenvalue weighted by molar-refractivity contribution is 5.66. The minimum absolute atomic E-state index is 0.0511. The summed E-state index contributed by atoms with van der Waals surface area (Å²) in [5, 5.41) is 0. The first-order chi connectivity index (χ1) is 7.17. The number of fused-ring (bicyclic) bond motifs is 1. The Morgan fingerprint density at radius 3 is 3.17 bits per heavy atom. The van der Waals surface area contributed by atoms with Crippen molar-refractivity contribution in [3.05, 3.63) is 0 Å². The Balaban J connectivity index is 2.03. The molecule has 2 saturated heterocycles. The molecule has 3 fully saturated rings. The number of rotatable bonds is 2. The predicted octanol–water partition coefficient (Wildman–Crippen LogP) is 1.12. The van der Waals surface area contributed by atoms with Crippen LogP contribution < -0.4 is 0 Å². The Kier molecular flexibility index (Phi) is 0.943. The lowest BCUT2D eigenvalue weighted by molar-refractivity contribution is -0.152. The minimum Gasteiger partial charge on any atom is -0.463 e. The Bertz CT molecular complexity index is 319. The molecule has 2 bridgehead atoms. The van der Waals surface area contributed by atoms with Crippen LogP contribution in [-0.4, -0.2) is 24.3 Å². The number of ether oxygens (including phenoxy) is 2. The molecule has 1 aliphatic carbocycles. The Morgan fingerprint density at radius 1 is 1.92 bits per heavy atom. The minimum atomic E-state index is -2.28. The predicted molar refractivity (Wildman–Crippen MR) is 42.6 cm³/mol. The summed E-state index contributed by atoms with van der Waals surface area (Å²) in [6.07, 6.45) is -0.400. The van der Waals surface area contributed by atoms with E-state index in [4.69, 9.17) is 15.0 Å². The zero-order valence-electron chi connectivity index (χ0n) is 10.9. The van der Waals surface area contributed by atoms with Crippen molar-refractivity contribution >= 4 is 5.97 Å². The van der Waals surface area contributed by atoms with Gasteiger partial charge in [-0.15, -0.1) is 0 Å². The lowest BCUT2D eigenvalue weighted by Gasteiger charge is -2.34. The molecule has 3 rings (SSSR count). The molecule has 3 nitrogen and oxygen atoms in total. The van der Waals surface area contributed by atoms with E-state index in [-0.39, 0.29) is 6.61 Å². The van der Waals surface area contributed by atoms with Crippen molar-refractivity contribution < 1.29 is 19.8 Å². The molecule has 2 heterocycles. The van der Waals surface area contributed by atoms with E-state index in [0.717, 1.165) is 0 Å². The number of esters is 1. The monoisotopic (exact) mass is 174 g/mol. The van der Waals surface area contributed by atoms with Gasteiger partial charge in [0.1, 0.15) is 12.2 Å². The van der Waals surface area contributed by atoms with E-state index < -0.39 is 30.4 Å². The maximum absolute atomic E-state index is 10.7. The molecule has 1 saturated carbocycles. The summed E-state index contributed by atoms with van der Waals surface area (Å²) in [4.78, 5) is 10.7. The van der Waals surface area contributed by atoms with Crippen molar-refractivity contribution in [3.63, 3.8) is 0 Å². The molecule has 0 radical (unpaired) electrons. The standard InChI is InChI=1S/C9H14O3/c1-6-8-3-9(4-8,12-6)5-11-7(2)10/h6,8H,3-5H2,1-2H3/i1D3,8D. The van der Waals surface area contributed by atoms with Crippen LogP contribution in [0.5, 0.6) is 0 Å². The van der Waals surface area contributed by atoms with Gasteiger partial charge in [-0.3, -0.25) is 4.79 Å². The average molecular weight is 174 g/mol. The zero-order valence-corrected chi connectivity index (χ0v) is 6.92. The third kappa shape index (κ3) is 1.12. The normalized spacial score (nSPS) is 55.9. The molecule has 68 valence electrons. The van der Waals surface area contributed by atoms with Gasteiger partial charge in [-0.2, -0.15) is 0 Å². The van der Waals surface area contributed by atoms with Gasteiger partial charge in [-0.1, -0.05) is 0 Å². The van der Waals surface area contributed by atoms with Crippen molar-refractivity contribution in [1.29, 1.82) is 0 Å². The van der Waals surface area contributed by atoms with E-state index in [0.29, 0.717) is 12.8 Å². The quantitative estimate of drug-likeness (QED) is 0.588. The summed E-state index contributed by atoms with van der Waals surface area (Å²) in [7, 11) is 0. The molecule has 0 aromatic rings. The molecule has 12 heavy (non-hydrogen) atoms. The van der Waals surface area contributed by atoms with E-state index in [1.807, 2.05) is 0 Å². The van der Waals surface area contributed by atoms with Gasteiger partial charge < -0.3 is 9.47 Å². The molecule has 1 atom stereocenters. The van der Waals surface area contributed by atoms with Crippen LogP contribution >= 0.6 is 0 Å². The van der Waals surface area contributed by atoms with Gasteiger partial charge in [-0.25, -0.2) is 0 Å². The topological polar surface area (TPSA) is 35.5 Å². The van der Waals surface area contributed by atoms with Crippen LogP contribution in [0.4, 0.5) is 0 Å². The summed E-state index contributed by atoms with van der Waals surface area (Å²) in [5.74, 6) is -1.46. The molecular weight excluding hydrogens is 156 g/mol. The van der Waals surface area contributed by atoms with E-state index in [2.05, 4.69) is 0 Å². The molecule has 1 unspecified atom stereocenters. The third-order valence-corrected chi connectivity index (χ3v) is 2.38. The third-order valence-electron chi connectivity index (χ3n) is 2.38. The summed E-state index contributed by atoms with van der Waals surface area (Å²) in [5.41, 5.74) is -0.730. The highest BCUT2D eigenvalue weighted by atomic mass is 16.6. The SMILES string of the molecule is [2H]C([2H])([2H])C1OC2(COC(C)=O)CC1([2H])C2. The van der Waals surface area contributed by atoms with Crippen molar-refractivity contribution in [1.82, 2.24) is 0 Å². The molecule has 0 spiro atoms. The van der Waals surface area contributed by atoms with Crippen LogP contribution in [0.15, 0.2) is 0 Å². The molecule has 0 N–H and O–H groups in total. The van der Waals surface area contributed by atoms with E-state index in [1.54, 1.807) is 0 Å². The lowest BCUT2D eigenvalue weighted by Crippen LogP contribution is -2.41. The summed E-state index contributed by atoms with van der Waals surface area (Å²) in [6, 6.07) is 0. The van der Waals surface area contributed by atoms with Crippen molar-refractivity contribution in [3.8, 4) is 0 Å². The van der Waals surface area contributed by atoms with Gasteiger partial charge in [0.2, 0.25) is 0 Å². The number of hydrogen-bond donors (Lipinski definition) is 0. The molecule has 3 aliphatic rings. The van der Waals surface area contributed by atoms with Crippen molar-refractivity contribution in [2.45, 2.75) is 38.3 Å². The second kappa shape index (κ2) is 2.46. The Morgan fingerprint density at radius 2 is 2.67 bits per heavy atom.